The van der Waals surface area contributed by atoms with Crippen LogP contribution in [0.4, 0.5) is 0 Å². The van der Waals surface area contributed by atoms with Gasteiger partial charge in [0.25, 0.3) is 0 Å². The molecule has 3 aromatic heterocycles. The standard InChI is InChI=1S/C57H36N4O/c1-3-15-37(16-4-1)39-29-31-40(32-30-39)55-58-56(42-20-13-19-41(35-42)38-17-5-2-6-18-38)60-57(59-55)43-33-34-47-49-25-14-24-48(54(49)62-53(47)36-43)46-23-9-12-28-52(46)61-50-26-10-7-21-44(50)45-22-8-11-27-51(45)61/h1-36H. The van der Waals surface area contributed by atoms with Crippen LogP contribution in [0.5, 0.6) is 0 Å². The van der Waals surface area contributed by atoms with Gasteiger partial charge in [-0.25, -0.2) is 15.0 Å². The van der Waals surface area contributed by atoms with Gasteiger partial charge in [-0.2, -0.15) is 0 Å². The van der Waals surface area contributed by atoms with Gasteiger partial charge in [0.2, 0.25) is 0 Å². The van der Waals surface area contributed by atoms with E-state index >= 15 is 0 Å². The molecule has 5 heteroatoms. The van der Waals surface area contributed by atoms with Gasteiger partial charge in [0.05, 0.1) is 16.7 Å². The van der Waals surface area contributed by atoms with Crippen molar-refractivity contribution >= 4 is 43.7 Å². The molecule has 0 radical (unpaired) electrons. The predicted molar refractivity (Wildman–Crippen MR) is 254 cm³/mol. The largest absolute Gasteiger partial charge is 0.455 e. The average Bonchev–Trinajstić information content (AvgIpc) is 3.90. The average molecular weight is 793 g/mol. The summed E-state index contributed by atoms with van der Waals surface area (Å²) in [4.78, 5) is 15.4. The van der Waals surface area contributed by atoms with E-state index in [0.717, 1.165) is 88.7 Å². The maximum Gasteiger partial charge on any atom is 0.164 e. The molecule has 0 aliphatic rings. The molecule has 12 aromatic rings. The minimum atomic E-state index is 0.571. The van der Waals surface area contributed by atoms with E-state index in [0.29, 0.717) is 17.5 Å². The summed E-state index contributed by atoms with van der Waals surface area (Å²) >= 11 is 0. The Morgan fingerprint density at radius 1 is 0.306 bits per heavy atom. The Morgan fingerprint density at radius 3 is 1.48 bits per heavy atom. The molecular weight excluding hydrogens is 757 g/mol. The lowest BCUT2D eigenvalue weighted by atomic mass is 10.00. The molecule has 0 unspecified atom stereocenters. The molecule has 0 atom stereocenters. The second-order valence-electron chi connectivity index (χ2n) is 15.6. The van der Waals surface area contributed by atoms with E-state index in [1.54, 1.807) is 0 Å². The molecular formula is C57H36N4O. The lowest BCUT2D eigenvalue weighted by Gasteiger charge is -2.14. The van der Waals surface area contributed by atoms with Crippen LogP contribution in [0.1, 0.15) is 0 Å². The summed E-state index contributed by atoms with van der Waals surface area (Å²) in [5.74, 6) is 1.77. The molecule has 0 saturated carbocycles. The second kappa shape index (κ2) is 14.7. The summed E-state index contributed by atoms with van der Waals surface area (Å²) in [5, 5.41) is 4.53. The summed E-state index contributed by atoms with van der Waals surface area (Å²) < 4.78 is 9.29. The van der Waals surface area contributed by atoms with Crippen molar-refractivity contribution in [1.29, 1.82) is 0 Å². The third kappa shape index (κ3) is 6.06. The van der Waals surface area contributed by atoms with Crippen LogP contribution in [-0.4, -0.2) is 19.5 Å². The van der Waals surface area contributed by atoms with Crippen LogP contribution in [0, 0.1) is 0 Å². The summed E-state index contributed by atoms with van der Waals surface area (Å²) in [6.07, 6.45) is 0. The van der Waals surface area contributed by atoms with Crippen LogP contribution in [-0.2, 0) is 0 Å². The number of hydrogen-bond acceptors (Lipinski definition) is 4. The Kier molecular flexibility index (Phi) is 8.42. The number of furan rings is 1. The molecule has 62 heavy (non-hydrogen) atoms. The normalized spacial score (nSPS) is 11.5. The molecule has 5 nitrogen and oxygen atoms in total. The highest BCUT2D eigenvalue weighted by atomic mass is 16.3. The molecule has 290 valence electrons. The van der Waals surface area contributed by atoms with Gasteiger partial charge in [-0.15, -0.1) is 0 Å². The van der Waals surface area contributed by atoms with Crippen molar-refractivity contribution in [2.75, 3.05) is 0 Å². The fourth-order valence-corrected chi connectivity index (χ4v) is 8.90. The van der Waals surface area contributed by atoms with Gasteiger partial charge in [0.1, 0.15) is 11.2 Å². The van der Waals surface area contributed by atoms with Crippen LogP contribution < -0.4 is 0 Å². The van der Waals surface area contributed by atoms with Crippen molar-refractivity contribution in [2.24, 2.45) is 0 Å². The SMILES string of the molecule is c1ccc(-c2ccc(-c3nc(-c4cccc(-c5ccccc5)c4)nc(-c4ccc5c(c4)oc4c(-c6ccccc6-n6c7ccccc7c7ccccc76)cccc45)n3)cc2)cc1. The van der Waals surface area contributed by atoms with E-state index in [2.05, 4.69) is 211 Å². The minimum Gasteiger partial charge on any atom is -0.455 e. The first-order valence-corrected chi connectivity index (χ1v) is 20.8. The number of hydrogen-bond donors (Lipinski definition) is 0. The topological polar surface area (TPSA) is 56.7 Å². The van der Waals surface area contributed by atoms with E-state index in [4.69, 9.17) is 19.4 Å². The molecule has 0 saturated heterocycles. The highest BCUT2D eigenvalue weighted by Crippen LogP contribution is 2.41. The summed E-state index contributed by atoms with van der Waals surface area (Å²) in [6.45, 7) is 0. The van der Waals surface area contributed by atoms with Crippen molar-refractivity contribution in [1.82, 2.24) is 19.5 Å². The highest BCUT2D eigenvalue weighted by Gasteiger charge is 2.20. The zero-order valence-corrected chi connectivity index (χ0v) is 33.5. The van der Waals surface area contributed by atoms with Crippen LogP contribution >= 0.6 is 0 Å². The molecule has 0 bridgehead atoms. The molecule has 3 heterocycles. The molecule has 0 spiro atoms. The van der Waals surface area contributed by atoms with Gasteiger partial charge >= 0.3 is 0 Å². The molecule has 0 amide bonds. The summed E-state index contributed by atoms with van der Waals surface area (Å²) in [5.41, 5.74) is 14.3. The number of benzene rings is 9. The molecule has 0 aliphatic carbocycles. The van der Waals surface area contributed by atoms with Crippen molar-refractivity contribution in [2.45, 2.75) is 0 Å². The Morgan fingerprint density at radius 2 is 0.774 bits per heavy atom. The smallest absolute Gasteiger partial charge is 0.164 e. The van der Waals surface area contributed by atoms with E-state index in [-0.39, 0.29) is 0 Å². The fourth-order valence-electron chi connectivity index (χ4n) is 8.90. The van der Waals surface area contributed by atoms with Crippen LogP contribution in [0.3, 0.4) is 0 Å². The van der Waals surface area contributed by atoms with Crippen molar-refractivity contribution in [3.05, 3.63) is 218 Å². The summed E-state index contributed by atoms with van der Waals surface area (Å²) in [6, 6.07) is 76.2. The Hall–Kier alpha value is -8.41. The van der Waals surface area contributed by atoms with Crippen molar-refractivity contribution in [3.8, 4) is 73.2 Å². The Balaban J connectivity index is 0.998. The van der Waals surface area contributed by atoms with Crippen LogP contribution in [0.25, 0.3) is 117 Å². The fraction of sp³-hybridized carbons (Fsp3) is 0. The second-order valence-corrected chi connectivity index (χ2v) is 15.6. The zero-order valence-electron chi connectivity index (χ0n) is 33.5. The van der Waals surface area contributed by atoms with Gasteiger partial charge < -0.3 is 8.98 Å². The highest BCUT2D eigenvalue weighted by molar-refractivity contribution is 6.12. The van der Waals surface area contributed by atoms with Gasteiger partial charge in [-0.05, 0) is 58.7 Å². The lowest BCUT2D eigenvalue weighted by molar-refractivity contribution is 0.670. The molecule has 0 N–H and O–H groups in total. The maximum absolute atomic E-state index is 6.92. The maximum atomic E-state index is 6.92. The lowest BCUT2D eigenvalue weighted by Crippen LogP contribution is -2.00. The zero-order chi connectivity index (χ0) is 41.0. The van der Waals surface area contributed by atoms with E-state index in [9.17, 15) is 0 Å². The van der Waals surface area contributed by atoms with E-state index in [1.807, 2.05) is 12.1 Å². The van der Waals surface area contributed by atoms with Crippen LogP contribution in [0.15, 0.2) is 223 Å². The first kappa shape index (κ1) is 35.5. The van der Waals surface area contributed by atoms with Gasteiger partial charge in [0, 0.05) is 49.4 Å². The third-order valence-corrected chi connectivity index (χ3v) is 11.9. The Bertz CT molecular complexity index is 3570. The first-order chi connectivity index (χ1) is 30.7. The predicted octanol–water partition coefficient (Wildman–Crippen LogP) is 14.9. The number of aromatic nitrogens is 4. The Labute approximate surface area is 357 Å². The minimum absolute atomic E-state index is 0.571. The molecule has 12 rings (SSSR count). The number of rotatable bonds is 7. The van der Waals surface area contributed by atoms with Crippen molar-refractivity contribution in [3.63, 3.8) is 0 Å². The number of para-hydroxylation sites is 4. The van der Waals surface area contributed by atoms with E-state index < -0.39 is 0 Å². The van der Waals surface area contributed by atoms with Crippen LogP contribution in [0.2, 0.25) is 0 Å². The quantitative estimate of drug-likeness (QED) is 0.161. The molecule has 0 aliphatic heterocycles. The third-order valence-electron chi connectivity index (χ3n) is 11.9. The summed E-state index contributed by atoms with van der Waals surface area (Å²) in [7, 11) is 0. The van der Waals surface area contributed by atoms with Gasteiger partial charge in [-0.3, -0.25) is 0 Å². The molecule has 0 fully saturated rings. The number of fused-ring (bicyclic) bond motifs is 6. The van der Waals surface area contributed by atoms with Crippen molar-refractivity contribution < 1.29 is 4.42 Å². The van der Waals surface area contributed by atoms with E-state index in [1.165, 1.54) is 10.8 Å². The molecule has 9 aromatic carbocycles. The number of nitrogens with zero attached hydrogens (tertiary/aromatic N) is 4. The van der Waals surface area contributed by atoms with Gasteiger partial charge in [0.15, 0.2) is 17.5 Å². The first-order valence-electron chi connectivity index (χ1n) is 20.8. The monoisotopic (exact) mass is 792 g/mol. The van der Waals surface area contributed by atoms with Gasteiger partial charge in [-0.1, -0.05) is 182 Å².